The molecule has 2 fully saturated rings. The molecule has 0 saturated heterocycles. The predicted molar refractivity (Wildman–Crippen MR) is 112 cm³/mol. The first-order valence-corrected chi connectivity index (χ1v) is 11.5. The summed E-state index contributed by atoms with van der Waals surface area (Å²) in [7, 11) is 0. The minimum atomic E-state index is -5.98. The summed E-state index contributed by atoms with van der Waals surface area (Å²) in [5.74, 6) is 3.14. The number of hydrogen-bond acceptors (Lipinski definition) is 3. The van der Waals surface area contributed by atoms with E-state index in [1.807, 2.05) is 6.92 Å². The van der Waals surface area contributed by atoms with E-state index in [1.165, 1.54) is 0 Å². The van der Waals surface area contributed by atoms with Crippen molar-refractivity contribution in [2.75, 3.05) is 0 Å². The van der Waals surface area contributed by atoms with Gasteiger partial charge in [-0.3, -0.25) is 0 Å². The van der Waals surface area contributed by atoms with Crippen LogP contribution in [0.2, 0.25) is 0 Å². The van der Waals surface area contributed by atoms with Gasteiger partial charge < -0.3 is 15.3 Å². The third-order valence-corrected chi connectivity index (χ3v) is 8.05. The largest absolute Gasteiger partial charge is 0.438 e. The van der Waals surface area contributed by atoms with Gasteiger partial charge in [0.2, 0.25) is 0 Å². The van der Waals surface area contributed by atoms with Crippen molar-refractivity contribution in [1.82, 2.24) is 0 Å². The zero-order chi connectivity index (χ0) is 25.5. The average Bonchev–Trinajstić information content (AvgIpc) is 2.97. The van der Waals surface area contributed by atoms with Crippen molar-refractivity contribution >= 4 is 0 Å². The van der Waals surface area contributed by atoms with E-state index in [4.69, 9.17) is 0 Å². The van der Waals surface area contributed by atoms with Crippen LogP contribution in [-0.4, -0.2) is 45.0 Å². The molecule has 9 heteroatoms. The SMILES string of the molecule is CC(C)(O)CCC[C@](C)(CC#CC(O)(C(F)(F)F)C(F)(F)F)[C@H]1CCC2[C@@H](O)CCC[C@@]21C. The maximum Gasteiger partial charge on any atom is 0.438 e. The molecule has 3 N–H and O–H groups in total. The van der Waals surface area contributed by atoms with Crippen LogP contribution in [0.3, 0.4) is 0 Å². The molecule has 0 bridgehead atoms. The molecule has 0 aromatic carbocycles. The van der Waals surface area contributed by atoms with Gasteiger partial charge in [0.05, 0.1) is 11.7 Å². The van der Waals surface area contributed by atoms with Gasteiger partial charge in [-0.05, 0) is 81.0 Å². The number of fused-ring (bicyclic) bond motifs is 1. The quantitative estimate of drug-likeness (QED) is 0.331. The van der Waals surface area contributed by atoms with E-state index in [0.29, 0.717) is 32.1 Å². The molecule has 0 amide bonds. The van der Waals surface area contributed by atoms with Gasteiger partial charge in [0.25, 0.3) is 0 Å². The van der Waals surface area contributed by atoms with Crippen LogP contribution in [0.25, 0.3) is 0 Å². The van der Waals surface area contributed by atoms with Gasteiger partial charge in [0.1, 0.15) is 0 Å². The summed E-state index contributed by atoms with van der Waals surface area (Å²) >= 11 is 0. The van der Waals surface area contributed by atoms with Crippen LogP contribution in [-0.2, 0) is 0 Å². The van der Waals surface area contributed by atoms with Crippen molar-refractivity contribution < 1.29 is 41.7 Å². The van der Waals surface area contributed by atoms with Crippen LogP contribution in [0.15, 0.2) is 0 Å². The first-order chi connectivity index (χ1) is 14.8. The van der Waals surface area contributed by atoms with E-state index < -0.39 is 35.1 Å². The van der Waals surface area contributed by atoms with Crippen LogP contribution in [0.4, 0.5) is 26.3 Å². The maximum absolute atomic E-state index is 13.1. The molecule has 2 rings (SSSR count). The number of aliphatic hydroxyl groups excluding tert-OH is 1. The molecule has 33 heavy (non-hydrogen) atoms. The third kappa shape index (κ3) is 5.82. The summed E-state index contributed by atoms with van der Waals surface area (Å²) < 4.78 is 78.3. The summed E-state index contributed by atoms with van der Waals surface area (Å²) in [4.78, 5) is 0. The van der Waals surface area contributed by atoms with Crippen molar-refractivity contribution in [1.29, 1.82) is 0 Å². The fourth-order valence-corrected chi connectivity index (χ4v) is 6.28. The lowest BCUT2D eigenvalue weighted by Crippen LogP contribution is -2.55. The van der Waals surface area contributed by atoms with Gasteiger partial charge in [-0.25, -0.2) is 0 Å². The Balaban J connectivity index is 2.39. The standard InChI is InChI=1S/C24H36F6O3/c1-19(2,32)11-6-12-20(3,13-7-15-22(33,23(25,26)27)24(28,29)30)18-10-9-16-17(31)8-5-14-21(16,18)4/h16-18,31-33H,5-6,8-14H2,1-4H3/t16?,17-,18+,20+,21-/m0/s1. The van der Waals surface area contributed by atoms with E-state index in [-0.39, 0.29) is 23.7 Å². The Morgan fingerprint density at radius 1 is 0.909 bits per heavy atom. The first kappa shape index (κ1) is 28.3. The Morgan fingerprint density at radius 3 is 2.00 bits per heavy atom. The molecule has 2 aliphatic rings. The molecule has 0 radical (unpaired) electrons. The van der Waals surface area contributed by atoms with Crippen molar-refractivity contribution in [2.24, 2.45) is 22.7 Å². The van der Waals surface area contributed by atoms with Crippen molar-refractivity contribution in [3.8, 4) is 11.8 Å². The summed E-state index contributed by atoms with van der Waals surface area (Å²) in [5, 5.41) is 30.0. The average molecular weight is 487 g/mol. The molecule has 0 spiro atoms. The van der Waals surface area contributed by atoms with Gasteiger partial charge in [-0.2, -0.15) is 26.3 Å². The monoisotopic (exact) mass is 486 g/mol. The van der Waals surface area contributed by atoms with E-state index in [1.54, 1.807) is 13.8 Å². The lowest BCUT2D eigenvalue weighted by molar-refractivity contribution is -0.343. The second-order valence-electron chi connectivity index (χ2n) is 11.2. The number of alkyl halides is 6. The minimum Gasteiger partial charge on any atom is -0.393 e. The van der Waals surface area contributed by atoms with Crippen molar-refractivity contribution in [3.63, 3.8) is 0 Å². The smallest absolute Gasteiger partial charge is 0.393 e. The van der Waals surface area contributed by atoms with Gasteiger partial charge in [-0.15, -0.1) is 0 Å². The van der Waals surface area contributed by atoms with Crippen molar-refractivity contribution in [3.05, 3.63) is 0 Å². The van der Waals surface area contributed by atoms with Crippen LogP contribution >= 0.6 is 0 Å². The molecular weight excluding hydrogens is 450 g/mol. The predicted octanol–water partition coefficient (Wildman–Crippen LogP) is 5.76. The number of rotatable bonds is 6. The molecule has 0 aromatic heterocycles. The van der Waals surface area contributed by atoms with Gasteiger partial charge in [-0.1, -0.05) is 32.6 Å². The highest BCUT2D eigenvalue weighted by Crippen LogP contribution is 2.62. The molecule has 2 aliphatic carbocycles. The lowest BCUT2D eigenvalue weighted by atomic mass is 9.56. The highest BCUT2D eigenvalue weighted by molar-refractivity contribution is 5.22. The normalized spacial score (nSPS) is 30.9. The van der Waals surface area contributed by atoms with E-state index in [9.17, 15) is 41.7 Å². The third-order valence-electron chi connectivity index (χ3n) is 8.05. The molecule has 0 aromatic rings. The lowest BCUT2D eigenvalue weighted by Gasteiger charge is -2.49. The zero-order valence-electron chi connectivity index (χ0n) is 19.7. The Kier molecular flexibility index (Phi) is 7.91. The van der Waals surface area contributed by atoms with Crippen LogP contribution in [0, 0.1) is 34.5 Å². The van der Waals surface area contributed by atoms with Crippen LogP contribution in [0.1, 0.15) is 85.5 Å². The molecule has 3 nitrogen and oxygen atoms in total. The number of hydrogen-bond donors (Lipinski definition) is 3. The molecule has 2 saturated carbocycles. The van der Waals surface area contributed by atoms with Gasteiger partial charge >= 0.3 is 18.0 Å². The maximum atomic E-state index is 13.1. The van der Waals surface area contributed by atoms with Gasteiger partial charge in [0, 0.05) is 6.42 Å². The fourth-order valence-electron chi connectivity index (χ4n) is 6.28. The van der Waals surface area contributed by atoms with E-state index in [0.717, 1.165) is 25.2 Å². The molecule has 192 valence electrons. The topological polar surface area (TPSA) is 60.7 Å². The summed E-state index contributed by atoms with van der Waals surface area (Å²) in [6.07, 6.45) is -7.55. The molecule has 0 heterocycles. The summed E-state index contributed by atoms with van der Waals surface area (Å²) in [6, 6.07) is 0. The second-order valence-corrected chi connectivity index (χ2v) is 11.2. The highest BCUT2D eigenvalue weighted by atomic mass is 19.4. The van der Waals surface area contributed by atoms with E-state index in [2.05, 4.69) is 12.8 Å². The Bertz CT molecular complexity index is 731. The minimum absolute atomic E-state index is 0.0279. The molecule has 5 atom stereocenters. The number of aliphatic hydroxyl groups is 3. The highest BCUT2D eigenvalue weighted by Gasteiger charge is 2.70. The van der Waals surface area contributed by atoms with E-state index >= 15 is 0 Å². The molecular formula is C24H36F6O3. The Hall–Kier alpha value is -0.980. The first-order valence-electron chi connectivity index (χ1n) is 11.5. The Morgan fingerprint density at radius 2 is 1.48 bits per heavy atom. The molecule has 1 unspecified atom stereocenters. The fraction of sp³-hybridized carbons (Fsp3) is 0.917. The van der Waals surface area contributed by atoms with Gasteiger partial charge in [0.15, 0.2) is 0 Å². The van der Waals surface area contributed by atoms with Crippen LogP contribution in [0.5, 0.6) is 0 Å². The second kappa shape index (κ2) is 9.23. The summed E-state index contributed by atoms with van der Waals surface area (Å²) in [5.41, 5.74) is -7.08. The van der Waals surface area contributed by atoms with Crippen LogP contribution < -0.4 is 0 Å². The summed E-state index contributed by atoms with van der Waals surface area (Å²) in [6.45, 7) is 7.16. The zero-order valence-corrected chi connectivity index (χ0v) is 19.7. The van der Waals surface area contributed by atoms with Crippen molar-refractivity contribution in [2.45, 2.75) is 115 Å². The molecule has 0 aliphatic heterocycles. The number of halogens is 6. The Labute approximate surface area is 191 Å².